The Hall–Kier alpha value is 0.480. The Morgan fingerprint density at radius 3 is 2.19 bits per heavy atom. The van der Waals surface area contributed by atoms with Crippen molar-refractivity contribution < 1.29 is 9.09 Å². The predicted molar refractivity (Wildman–Crippen MR) is 68.6 cm³/mol. The fourth-order valence-electron chi connectivity index (χ4n) is 2.76. The summed E-state index contributed by atoms with van der Waals surface area (Å²) in [5.74, 6) is 0. The lowest BCUT2D eigenvalue weighted by Crippen LogP contribution is -2.23. The van der Waals surface area contributed by atoms with E-state index in [9.17, 15) is 4.57 Å². The van der Waals surface area contributed by atoms with Gasteiger partial charge in [-0.05, 0) is 25.7 Å². The third-order valence-corrected chi connectivity index (χ3v) is 6.46. The Balaban J connectivity index is 1.85. The van der Waals surface area contributed by atoms with Crippen LogP contribution in [0.1, 0.15) is 64.2 Å². The van der Waals surface area contributed by atoms with E-state index in [-0.39, 0.29) is 6.10 Å². The SMILES string of the molecule is O=[PH](OC1CCCCC1)C1(Cl)CCCCC1. The third kappa shape index (κ3) is 3.24. The van der Waals surface area contributed by atoms with Gasteiger partial charge in [0.1, 0.15) is 4.62 Å². The van der Waals surface area contributed by atoms with E-state index in [1.54, 1.807) is 0 Å². The van der Waals surface area contributed by atoms with Crippen LogP contribution < -0.4 is 0 Å². The standard InChI is InChI=1S/C12H22ClO2P/c13-12(9-5-2-6-10-12)16(14)15-11-7-3-1-4-8-11/h11,16H,1-10H2. The van der Waals surface area contributed by atoms with Gasteiger partial charge in [-0.1, -0.05) is 38.5 Å². The average molecular weight is 265 g/mol. The number of hydrogen-bond acceptors (Lipinski definition) is 2. The van der Waals surface area contributed by atoms with Crippen molar-refractivity contribution in [3.8, 4) is 0 Å². The summed E-state index contributed by atoms with van der Waals surface area (Å²) < 4.78 is 17.5. The summed E-state index contributed by atoms with van der Waals surface area (Å²) in [6, 6.07) is 0. The number of alkyl halides is 1. The molecule has 16 heavy (non-hydrogen) atoms. The Labute approximate surface area is 104 Å². The molecule has 2 fully saturated rings. The van der Waals surface area contributed by atoms with Gasteiger partial charge >= 0.3 is 0 Å². The van der Waals surface area contributed by atoms with E-state index in [1.807, 2.05) is 0 Å². The summed E-state index contributed by atoms with van der Waals surface area (Å²) in [5.41, 5.74) is 0. The van der Waals surface area contributed by atoms with E-state index in [1.165, 1.54) is 25.7 Å². The molecule has 0 aromatic rings. The Morgan fingerprint density at radius 2 is 1.56 bits per heavy atom. The summed E-state index contributed by atoms with van der Waals surface area (Å²) in [6.45, 7) is 0. The van der Waals surface area contributed by atoms with Gasteiger partial charge in [-0.25, -0.2) is 0 Å². The topological polar surface area (TPSA) is 26.3 Å². The Bertz CT molecular complexity index is 245. The summed E-state index contributed by atoms with van der Waals surface area (Å²) in [6.07, 6.45) is 11.3. The van der Waals surface area contributed by atoms with Gasteiger partial charge in [-0.15, -0.1) is 11.6 Å². The largest absolute Gasteiger partial charge is 0.326 e. The number of rotatable bonds is 3. The van der Waals surface area contributed by atoms with Crippen molar-refractivity contribution in [1.82, 2.24) is 0 Å². The van der Waals surface area contributed by atoms with Gasteiger partial charge in [0.15, 0.2) is 0 Å². The molecule has 0 bridgehead atoms. The molecule has 0 amide bonds. The molecule has 0 spiro atoms. The molecule has 0 N–H and O–H groups in total. The highest BCUT2D eigenvalue weighted by molar-refractivity contribution is 7.43. The highest BCUT2D eigenvalue weighted by Crippen LogP contribution is 2.53. The maximum Gasteiger partial charge on any atom is 0.212 e. The van der Waals surface area contributed by atoms with Crippen molar-refractivity contribution >= 4 is 19.6 Å². The van der Waals surface area contributed by atoms with Crippen molar-refractivity contribution in [3.63, 3.8) is 0 Å². The average Bonchev–Trinajstić information content (AvgIpc) is 2.31. The van der Waals surface area contributed by atoms with Crippen LogP contribution in [0.5, 0.6) is 0 Å². The van der Waals surface area contributed by atoms with Crippen LogP contribution in [0.15, 0.2) is 0 Å². The molecule has 0 aliphatic heterocycles. The first kappa shape index (κ1) is 12.9. The third-order valence-electron chi connectivity index (χ3n) is 3.84. The molecule has 2 rings (SSSR count). The minimum Gasteiger partial charge on any atom is -0.326 e. The van der Waals surface area contributed by atoms with Crippen LogP contribution in [-0.4, -0.2) is 10.7 Å². The highest BCUT2D eigenvalue weighted by Gasteiger charge is 2.37. The molecule has 0 aromatic carbocycles. The molecular weight excluding hydrogens is 243 g/mol. The van der Waals surface area contributed by atoms with E-state index in [0.29, 0.717) is 0 Å². The summed E-state index contributed by atoms with van der Waals surface area (Å²) in [4.78, 5) is 0. The van der Waals surface area contributed by atoms with Gasteiger partial charge in [0, 0.05) is 0 Å². The lowest BCUT2D eigenvalue weighted by Gasteiger charge is -2.32. The monoisotopic (exact) mass is 264 g/mol. The fourth-order valence-corrected chi connectivity index (χ4v) is 4.67. The van der Waals surface area contributed by atoms with Gasteiger partial charge in [-0.3, -0.25) is 4.57 Å². The van der Waals surface area contributed by atoms with E-state index >= 15 is 0 Å². The minimum absolute atomic E-state index is 0.220. The van der Waals surface area contributed by atoms with Gasteiger partial charge in [0.25, 0.3) is 0 Å². The maximum absolute atomic E-state index is 12.2. The lowest BCUT2D eigenvalue weighted by atomic mass is 9.98. The van der Waals surface area contributed by atoms with E-state index in [4.69, 9.17) is 16.1 Å². The van der Waals surface area contributed by atoms with E-state index in [2.05, 4.69) is 0 Å². The van der Waals surface area contributed by atoms with Gasteiger partial charge < -0.3 is 4.52 Å². The number of hydrogen-bond donors (Lipinski definition) is 0. The van der Waals surface area contributed by atoms with Crippen molar-refractivity contribution in [2.45, 2.75) is 74.9 Å². The number of halogens is 1. The van der Waals surface area contributed by atoms with Crippen LogP contribution in [-0.2, 0) is 9.09 Å². The molecule has 1 atom stereocenters. The Kier molecular flexibility index (Phi) is 4.76. The first-order chi connectivity index (χ1) is 7.71. The van der Waals surface area contributed by atoms with Crippen LogP contribution in [0.2, 0.25) is 0 Å². The highest BCUT2D eigenvalue weighted by atomic mass is 35.5. The van der Waals surface area contributed by atoms with Crippen molar-refractivity contribution in [1.29, 1.82) is 0 Å². The second-order valence-electron chi connectivity index (χ2n) is 5.19. The Morgan fingerprint density at radius 1 is 1.00 bits per heavy atom. The molecular formula is C12H22ClO2P. The molecule has 4 heteroatoms. The van der Waals surface area contributed by atoms with Gasteiger partial charge in [0.2, 0.25) is 8.03 Å². The molecule has 2 nitrogen and oxygen atoms in total. The van der Waals surface area contributed by atoms with Crippen LogP contribution >= 0.6 is 19.6 Å². The zero-order chi connectivity index (χ0) is 11.4. The fraction of sp³-hybridized carbons (Fsp3) is 1.00. The van der Waals surface area contributed by atoms with Crippen molar-refractivity contribution in [2.24, 2.45) is 0 Å². The second kappa shape index (κ2) is 5.89. The molecule has 1 unspecified atom stereocenters. The zero-order valence-corrected chi connectivity index (χ0v) is 11.6. The zero-order valence-electron chi connectivity index (χ0n) is 9.84. The van der Waals surface area contributed by atoms with Crippen LogP contribution in [0, 0.1) is 0 Å². The van der Waals surface area contributed by atoms with Crippen LogP contribution in [0.4, 0.5) is 0 Å². The van der Waals surface area contributed by atoms with Gasteiger partial charge in [-0.2, -0.15) is 0 Å². The molecule has 0 radical (unpaired) electrons. The maximum atomic E-state index is 12.2. The molecule has 94 valence electrons. The second-order valence-corrected chi connectivity index (χ2v) is 8.00. The van der Waals surface area contributed by atoms with E-state index in [0.717, 1.165) is 38.5 Å². The van der Waals surface area contributed by atoms with Crippen LogP contribution in [0.3, 0.4) is 0 Å². The first-order valence-corrected chi connectivity index (χ1v) is 8.30. The molecule has 2 saturated carbocycles. The quantitative estimate of drug-likeness (QED) is 0.545. The summed E-state index contributed by atoms with van der Waals surface area (Å²) in [5, 5.41) is 0. The van der Waals surface area contributed by atoms with E-state index < -0.39 is 12.6 Å². The normalized spacial score (nSPS) is 28.8. The summed E-state index contributed by atoms with van der Waals surface area (Å²) in [7, 11) is -2.07. The molecule has 0 saturated heterocycles. The van der Waals surface area contributed by atoms with Gasteiger partial charge in [0.05, 0.1) is 6.10 Å². The smallest absolute Gasteiger partial charge is 0.212 e. The molecule has 2 aliphatic rings. The molecule has 0 heterocycles. The van der Waals surface area contributed by atoms with Crippen LogP contribution in [0.25, 0.3) is 0 Å². The predicted octanol–water partition coefficient (Wildman–Crippen LogP) is 4.71. The minimum atomic E-state index is -2.07. The molecule has 0 aromatic heterocycles. The summed E-state index contributed by atoms with van der Waals surface area (Å²) >= 11 is 6.45. The lowest BCUT2D eigenvalue weighted by molar-refractivity contribution is 0.160. The first-order valence-electron chi connectivity index (χ1n) is 6.61. The van der Waals surface area contributed by atoms with Crippen molar-refractivity contribution in [3.05, 3.63) is 0 Å². The van der Waals surface area contributed by atoms with Crippen molar-refractivity contribution in [2.75, 3.05) is 0 Å². The molecule has 2 aliphatic carbocycles.